The van der Waals surface area contributed by atoms with Crippen LogP contribution in [0.3, 0.4) is 0 Å². The van der Waals surface area contributed by atoms with Crippen LogP contribution in [0.15, 0.2) is 71.9 Å². The standard InChI is InChI=1S/C20H18N4S/c1-14-13-15(2)24-19(21-14)22-20(23-24)25-18(16-9-5-3-6-10-16)17-11-7-4-8-12-17/h3-13,18H,1-2H3. The number of benzene rings is 2. The van der Waals surface area contributed by atoms with Gasteiger partial charge in [-0.2, -0.15) is 4.98 Å². The minimum Gasteiger partial charge on any atom is -0.216 e. The Morgan fingerprint density at radius 2 is 1.44 bits per heavy atom. The molecule has 0 aliphatic heterocycles. The van der Waals surface area contributed by atoms with E-state index in [9.17, 15) is 0 Å². The summed E-state index contributed by atoms with van der Waals surface area (Å²) in [5.41, 5.74) is 4.46. The highest BCUT2D eigenvalue weighted by atomic mass is 32.2. The number of hydrogen-bond donors (Lipinski definition) is 0. The average molecular weight is 346 g/mol. The summed E-state index contributed by atoms with van der Waals surface area (Å²) in [5, 5.41) is 5.53. The molecule has 0 amide bonds. The molecule has 0 spiro atoms. The summed E-state index contributed by atoms with van der Waals surface area (Å²) < 4.78 is 1.81. The molecule has 0 radical (unpaired) electrons. The molecule has 124 valence electrons. The number of aromatic nitrogens is 4. The Kier molecular flexibility index (Phi) is 4.24. The Morgan fingerprint density at radius 3 is 2.04 bits per heavy atom. The molecule has 0 aliphatic carbocycles. The van der Waals surface area contributed by atoms with Gasteiger partial charge in [-0.05, 0) is 31.0 Å². The maximum absolute atomic E-state index is 4.65. The van der Waals surface area contributed by atoms with E-state index in [-0.39, 0.29) is 5.25 Å². The number of aryl methyl sites for hydroxylation is 2. The van der Waals surface area contributed by atoms with Crippen molar-refractivity contribution in [2.45, 2.75) is 24.3 Å². The van der Waals surface area contributed by atoms with Crippen LogP contribution in [0.2, 0.25) is 0 Å². The van der Waals surface area contributed by atoms with E-state index < -0.39 is 0 Å². The summed E-state index contributed by atoms with van der Waals surface area (Å²) in [6.45, 7) is 4.00. The van der Waals surface area contributed by atoms with Crippen molar-refractivity contribution in [2.75, 3.05) is 0 Å². The lowest BCUT2D eigenvalue weighted by atomic mass is 10.0. The molecule has 0 fully saturated rings. The zero-order valence-electron chi connectivity index (χ0n) is 14.1. The van der Waals surface area contributed by atoms with Crippen LogP contribution in [0.25, 0.3) is 5.78 Å². The Bertz CT molecular complexity index is 957. The van der Waals surface area contributed by atoms with Gasteiger partial charge in [0.05, 0.1) is 5.25 Å². The molecule has 25 heavy (non-hydrogen) atoms. The van der Waals surface area contributed by atoms with Crippen molar-refractivity contribution in [2.24, 2.45) is 0 Å². The lowest BCUT2D eigenvalue weighted by Crippen LogP contribution is -1.98. The third kappa shape index (κ3) is 3.28. The van der Waals surface area contributed by atoms with E-state index in [1.54, 1.807) is 11.8 Å². The molecule has 2 aromatic carbocycles. The van der Waals surface area contributed by atoms with Gasteiger partial charge in [-0.1, -0.05) is 72.4 Å². The van der Waals surface area contributed by atoms with Gasteiger partial charge >= 0.3 is 0 Å². The summed E-state index contributed by atoms with van der Waals surface area (Å²) in [4.78, 5) is 9.11. The van der Waals surface area contributed by atoms with Crippen LogP contribution >= 0.6 is 11.8 Å². The van der Waals surface area contributed by atoms with Crippen LogP contribution in [0.5, 0.6) is 0 Å². The number of thioether (sulfide) groups is 1. The van der Waals surface area contributed by atoms with Gasteiger partial charge in [0, 0.05) is 11.4 Å². The monoisotopic (exact) mass is 346 g/mol. The second-order valence-corrected chi connectivity index (χ2v) is 7.04. The minimum atomic E-state index is 0.140. The summed E-state index contributed by atoms with van der Waals surface area (Å²) in [6.07, 6.45) is 0. The normalized spacial score (nSPS) is 11.3. The van der Waals surface area contributed by atoms with E-state index in [1.165, 1.54) is 11.1 Å². The molecule has 0 N–H and O–H groups in total. The fraction of sp³-hybridized carbons (Fsp3) is 0.150. The zero-order chi connectivity index (χ0) is 17.2. The fourth-order valence-corrected chi connectivity index (χ4v) is 3.95. The summed E-state index contributed by atoms with van der Waals surface area (Å²) in [6, 6.07) is 22.9. The minimum absolute atomic E-state index is 0.140. The van der Waals surface area contributed by atoms with Crippen LogP contribution < -0.4 is 0 Å². The lowest BCUT2D eigenvalue weighted by Gasteiger charge is -2.15. The van der Waals surface area contributed by atoms with Crippen molar-refractivity contribution < 1.29 is 0 Å². The molecular weight excluding hydrogens is 328 g/mol. The highest BCUT2D eigenvalue weighted by Gasteiger charge is 2.19. The van der Waals surface area contributed by atoms with Crippen LogP contribution in [0.4, 0.5) is 0 Å². The van der Waals surface area contributed by atoms with E-state index in [1.807, 2.05) is 36.6 Å². The Labute approximate surface area is 151 Å². The molecule has 4 aromatic rings. The van der Waals surface area contributed by atoms with Crippen molar-refractivity contribution in [3.05, 3.63) is 89.2 Å². The second kappa shape index (κ2) is 6.69. The molecule has 4 rings (SSSR count). The predicted molar refractivity (Wildman–Crippen MR) is 101 cm³/mol. The highest BCUT2D eigenvalue weighted by molar-refractivity contribution is 7.99. The van der Waals surface area contributed by atoms with Crippen LogP contribution in [-0.4, -0.2) is 19.6 Å². The predicted octanol–water partition coefficient (Wildman–Crippen LogP) is 4.62. The van der Waals surface area contributed by atoms with Crippen molar-refractivity contribution >= 4 is 17.5 Å². The molecule has 5 heteroatoms. The molecule has 0 aliphatic rings. The van der Waals surface area contributed by atoms with E-state index in [4.69, 9.17) is 0 Å². The molecule has 0 saturated carbocycles. The smallest absolute Gasteiger partial charge is 0.216 e. The number of fused-ring (bicyclic) bond motifs is 1. The molecule has 4 nitrogen and oxygen atoms in total. The van der Waals surface area contributed by atoms with Crippen LogP contribution in [0, 0.1) is 13.8 Å². The Balaban J connectivity index is 1.75. The first kappa shape index (κ1) is 15.8. The van der Waals surface area contributed by atoms with Gasteiger partial charge < -0.3 is 0 Å². The first-order valence-corrected chi connectivity index (χ1v) is 9.06. The third-order valence-electron chi connectivity index (χ3n) is 4.03. The van der Waals surface area contributed by atoms with Crippen molar-refractivity contribution in [3.8, 4) is 0 Å². The molecule has 0 unspecified atom stereocenters. The van der Waals surface area contributed by atoms with Crippen molar-refractivity contribution in [3.63, 3.8) is 0 Å². The topological polar surface area (TPSA) is 43.1 Å². The van der Waals surface area contributed by atoms with Crippen LogP contribution in [0.1, 0.15) is 27.8 Å². The van der Waals surface area contributed by atoms with E-state index >= 15 is 0 Å². The second-order valence-electron chi connectivity index (χ2n) is 5.96. The van der Waals surface area contributed by atoms with Crippen molar-refractivity contribution in [1.82, 2.24) is 19.6 Å². The maximum atomic E-state index is 4.65. The quantitative estimate of drug-likeness (QED) is 0.506. The molecule has 0 atom stereocenters. The Morgan fingerprint density at radius 1 is 0.840 bits per heavy atom. The summed E-state index contributed by atoms with van der Waals surface area (Å²) >= 11 is 1.65. The fourth-order valence-electron chi connectivity index (χ4n) is 2.89. The SMILES string of the molecule is Cc1cc(C)n2nc(SC(c3ccccc3)c3ccccc3)nc2n1. The van der Waals surface area contributed by atoms with E-state index in [0.717, 1.165) is 16.5 Å². The summed E-state index contributed by atoms with van der Waals surface area (Å²) in [5.74, 6) is 0.653. The zero-order valence-corrected chi connectivity index (χ0v) is 14.9. The third-order valence-corrected chi connectivity index (χ3v) is 5.19. The van der Waals surface area contributed by atoms with Gasteiger partial charge in [-0.15, -0.1) is 5.10 Å². The first-order valence-electron chi connectivity index (χ1n) is 8.18. The van der Waals surface area contributed by atoms with Crippen LogP contribution in [-0.2, 0) is 0 Å². The van der Waals surface area contributed by atoms with Gasteiger partial charge in [0.1, 0.15) is 0 Å². The van der Waals surface area contributed by atoms with Gasteiger partial charge in [-0.3, -0.25) is 0 Å². The molecule has 2 heterocycles. The number of rotatable bonds is 4. The van der Waals surface area contributed by atoms with E-state index in [2.05, 4.69) is 63.6 Å². The maximum Gasteiger partial charge on any atom is 0.253 e. The highest BCUT2D eigenvalue weighted by Crippen LogP contribution is 2.39. The Hall–Kier alpha value is -2.66. The summed E-state index contributed by atoms with van der Waals surface area (Å²) in [7, 11) is 0. The largest absolute Gasteiger partial charge is 0.253 e. The molecule has 0 saturated heterocycles. The lowest BCUT2D eigenvalue weighted by molar-refractivity contribution is 0.841. The van der Waals surface area contributed by atoms with Gasteiger partial charge in [0.2, 0.25) is 5.16 Å². The molecular formula is C20H18N4S. The van der Waals surface area contributed by atoms with Crippen molar-refractivity contribution in [1.29, 1.82) is 0 Å². The number of hydrogen-bond acceptors (Lipinski definition) is 4. The van der Waals surface area contributed by atoms with E-state index in [0.29, 0.717) is 5.78 Å². The number of nitrogens with zero attached hydrogens (tertiary/aromatic N) is 4. The molecule has 0 bridgehead atoms. The van der Waals surface area contributed by atoms with Gasteiger partial charge in [-0.25, -0.2) is 9.50 Å². The molecule has 2 aromatic heterocycles. The van der Waals surface area contributed by atoms with Gasteiger partial charge in [0.25, 0.3) is 5.78 Å². The average Bonchev–Trinajstić information content (AvgIpc) is 3.04. The first-order chi connectivity index (χ1) is 12.2. The van der Waals surface area contributed by atoms with Gasteiger partial charge in [0.15, 0.2) is 0 Å².